The third kappa shape index (κ3) is 5.03. The average Bonchev–Trinajstić information content (AvgIpc) is 3.64. The minimum absolute atomic E-state index is 0.187. The number of allylic oxidation sites excluding steroid dienone is 1. The molecule has 1 saturated carbocycles. The zero-order valence-corrected chi connectivity index (χ0v) is 24.0. The molecule has 0 radical (unpaired) electrons. The molecule has 9 nitrogen and oxygen atoms in total. The lowest BCUT2D eigenvalue weighted by Crippen LogP contribution is -2.59. The van der Waals surface area contributed by atoms with Crippen LogP contribution in [0.25, 0.3) is 0 Å². The standard InChI is InChI=1S/C34H35N5O4/c35-20-28-18-25-10-4-5-12-27(25)21-36(28)33(41)37-17-16-30(24-8-2-1-3-9-24)39(37)32(40)31-19-26-11-6-7-13-29(26)38(31)34(42)43-22-23-14-15-23/h1-13,22,28,30-31H,14-21,35H2/t28-,30+,31-/m1/s1. The van der Waals surface area contributed by atoms with Gasteiger partial charge in [-0.15, -0.1) is 0 Å². The number of nitrogens with two attached hydrogens (primary N) is 1. The molecule has 2 fully saturated rings. The van der Waals surface area contributed by atoms with E-state index in [1.54, 1.807) is 14.9 Å². The second-order valence-corrected chi connectivity index (χ2v) is 11.7. The van der Waals surface area contributed by atoms with Gasteiger partial charge in [-0.2, -0.15) is 0 Å². The van der Waals surface area contributed by atoms with Crippen molar-refractivity contribution in [1.82, 2.24) is 14.9 Å². The van der Waals surface area contributed by atoms with Gasteiger partial charge in [-0.3, -0.25) is 9.69 Å². The van der Waals surface area contributed by atoms with E-state index in [0.29, 0.717) is 44.6 Å². The van der Waals surface area contributed by atoms with Crippen LogP contribution >= 0.6 is 0 Å². The maximum absolute atomic E-state index is 14.7. The van der Waals surface area contributed by atoms with E-state index < -0.39 is 12.1 Å². The van der Waals surface area contributed by atoms with Crippen LogP contribution in [0.3, 0.4) is 0 Å². The molecule has 0 spiro atoms. The molecule has 2 N–H and O–H groups in total. The lowest BCUT2D eigenvalue weighted by atomic mass is 9.94. The predicted octanol–water partition coefficient (Wildman–Crippen LogP) is 4.93. The van der Waals surface area contributed by atoms with Gasteiger partial charge in [0.05, 0.1) is 24.0 Å². The molecule has 7 rings (SSSR count). The molecule has 9 heteroatoms. The minimum Gasteiger partial charge on any atom is -0.418 e. The van der Waals surface area contributed by atoms with Crippen molar-refractivity contribution in [1.29, 1.82) is 0 Å². The predicted molar refractivity (Wildman–Crippen MR) is 161 cm³/mol. The molecule has 43 heavy (non-hydrogen) atoms. The van der Waals surface area contributed by atoms with Crippen LogP contribution in [-0.2, 0) is 28.9 Å². The number of urea groups is 1. The highest BCUT2D eigenvalue weighted by Gasteiger charge is 2.49. The van der Waals surface area contributed by atoms with Crippen LogP contribution in [0.5, 0.6) is 0 Å². The number of rotatable bonds is 4. The maximum Gasteiger partial charge on any atom is 0.419 e. The Bertz CT molecular complexity index is 1580. The molecule has 3 atom stereocenters. The number of hydrogen-bond donors (Lipinski definition) is 1. The Labute approximate surface area is 251 Å². The summed E-state index contributed by atoms with van der Waals surface area (Å²) in [6, 6.07) is 23.8. The Morgan fingerprint density at radius 2 is 1.56 bits per heavy atom. The third-order valence-electron chi connectivity index (χ3n) is 9.00. The van der Waals surface area contributed by atoms with Crippen molar-refractivity contribution < 1.29 is 19.1 Å². The topological polar surface area (TPSA) is 99.4 Å². The molecule has 0 bridgehead atoms. The molecular weight excluding hydrogens is 542 g/mol. The van der Waals surface area contributed by atoms with Crippen LogP contribution in [-0.4, -0.2) is 58.1 Å². The van der Waals surface area contributed by atoms with Crippen molar-refractivity contribution in [2.75, 3.05) is 18.0 Å². The molecule has 4 amide bonds. The minimum atomic E-state index is -0.852. The fraction of sp³-hybridized carbons (Fsp3) is 0.324. The summed E-state index contributed by atoms with van der Waals surface area (Å²) in [6.07, 6.45) is 4.33. The summed E-state index contributed by atoms with van der Waals surface area (Å²) < 4.78 is 5.54. The molecule has 3 aliphatic heterocycles. The molecular formula is C34H35N5O4. The Hall–Kier alpha value is -4.63. The largest absolute Gasteiger partial charge is 0.419 e. The summed E-state index contributed by atoms with van der Waals surface area (Å²) >= 11 is 0. The summed E-state index contributed by atoms with van der Waals surface area (Å²) in [5.74, 6) is -0.311. The highest BCUT2D eigenvalue weighted by atomic mass is 16.5. The monoisotopic (exact) mass is 577 g/mol. The number of hydrazine groups is 1. The first-order valence-corrected chi connectivity index (χ1v) is 15.0. The number of amides is 4. The number of benzene rings is 3. The molecule has 1 aliphatic carbocycles. The van der Waals surface area contributed by atoms with Crippen molar-refractivity contribution in [2.24, 2.45) is 5.73 Å². The van der Waals surface area contributed by atoms with E-state index >= 15 is 0 Å². The molecule has 220 valence electrons. The summed E-state index contributed by atoms with van der Waals surface area (Å²) in [4.78, 5) is 45.9. The Balaban J connectivity index is 1.23. The van der Waals surface area contributed by atoms with Crippen LogP contribution in [0, 0.1) is 0 Å². The SMILES string of the molecule is NC[C@H]1Cc2ccccc2CN1C(=O)N1CC[C@@H](c2ccccc2)N1C(=O)[C@H]1Cc2ccccc2N1C(=O)OC=C1CC1. The molecule has 3 aromatic rings. The fourth-order valence-corrected chi connectivity index (χ4v) is 6.60. The number of carbonyl (C=O) groups is 3. The van der Waals surface area contributed by atoms with Crippen LogP contribution in [0.1, 0.15) is 47.6 Å². The zero-order chi connectivity index (χ0) is 29.5. The quantitative estimate of drug-likeness (QED) is 0.444. The highest BCUT2D eigenvalue weighted by Crippen LogP contribution is 2.39. The number of fused-ring (bicyclic) bond motifs is 2. The molecule has 4 aliphatic rings. The average molecular weight is 578 g/mol. The van der Waals surface area contributed by atoms with Gasteiger partial charge in [0, 0.05) is 26.1 Å². The Kier molecular flexibility index (Phi) is 7.10. The second-order valence-electron chi connectivity index (χ2n) is 11.7. The molecule has 1 saturated heterocycles. The maximum atomic E-state index is 14.7. The van der Waals surface area contributed by atoms with Crippen LogP contribution in [0.15, 0.2) is 90.7 Å². The first-order valence-electron chi connectivity index (χ1n) is 15.0. The number of ether oxygens (including phenoxy) is 1. The summed E-state index contributed by atoms with van der Waals surface area (Å²) in [6.45, 7) is 1.11. The number of nitrogens with zero attached hydrogens (tertiary/aromatic N) is 4. The van der Waals surface area contributed by atoms with Gasteiger partial charge in [0.25, 0.3) is 5.91 Å². The van der Waals surface area contributed by atoms with Crippen molar-refractivity contribution >= 4 is 23.7 Å². The summed E-state index contributed by atoms with van der Waals surface area (Å²) in [7, 11) is 0. The lowest BCUT2D eigenvalue weighted by Gasteiger charge is -2.42. The van der Waals surface area contributed by atoms with Gasteiger partial charge in [0.2, 0.25) is 0 Å². The fourth-order valence-electron chi connectivity index (χ4n) is 6.60. The lowest BCUT2D eigenvalue weighted by molar-refractivity contribution is -0.146. The van der Waals surface area contributed by atoms with Crippen LogP contribution in [0.2, 0.25) is 0 Å². The van der Waals surface area contributed by atoms with Crippen molar-refractivity contribution in [3.63, 3.8) is 0 Å². The van der Waals surface area contributed by atoms with Gasteiger partial charge in [-0.1, -0.05) is 72.8 Å². The van der Waals surface area contributed by atoms with Gasteiger partial charge in [0.15, 0.2) is 0 Å². The van der Waals surface area contributed by atoms with Gasteiger partial charge in [0.1, 0.15) is 6.04 Å². The van der Waals surface area contributed by atoms with Crippen molar-refractivity contribution in [2.45, 2.75) is 56.8 Å². The van der Waals surface area contributed by atoms with Gasteiger partial charge in [-0.25, -0.2) is 19.6 Å². The number of carbonyl (C=O) groups excluding carboxylic acids is 3. The second kappa shape index (κ2) is 11.2. The van der Waals surface area contributed by atoms with Crippen molar-refractivity contribution in [3.05, 3.63) is 113 Å². The molecule has 3 aromatic carbocycles. The van der Waals surface area contributed by atoms with E-state index in [-0.39, 0.29) is 24.0 Å². The van der Waals surface area contributed by atoms with E-state index in [1.807, 2.05) is 72.8 Å². The van der Waals surface area contributed by atoms with Crippen molar-refractivity contribution in [3.8, 4) is 0 Å². The van der Waals surface area contributed by atoms with Gasteiger partial charge >= 0.3 is 12.1 Å². The molecule has 3 heterocycles. The van der Waals surface area contributed by atoms with Gasteiger partial charge < -0.3 is 15.4 Å². The van der Waals surface area contributed by atoms with E-state index in [4.69, 9.17) is 10.5 Å². The highest BCUT2D eigenvalue weighted by molar-refractivity contribution is 6.01. The Morgan fingerprint density at radius 3 is 2.30 bits per heavy atom. The first-order chi connectivity index (χ1) is 21.0. The summed E-state index contributed by atoms with van der Waals surface area (Å²) in [5.41, 5.74) is 12.0. The smallest absolute Gasteiger partial charge is 0.418 e. The Morgan fingerprint density at radius 1 is 0.860 bits per heavy atom. The number of anilines is 1. The first kappa shape index (κ1) is 27.2. The van der Waals surface area contributed by atoms with Gasteiger partial charge in [-0.05, 0) is 59.6 Å². The van der Waals surface area contributed by atoms with Crippen LogP contribution < -0.4 is 10.6 Å². The van der Waals surface area contributed by atoms with Crippen LogP contribution in [0.4, 0.5) is 15.3 Å². The van der Waals surface area contributed by atoms with E-state index in [2.05, 4.69) is 6.07 Å². The third-order valence-corrected chi connectivity index (χ3v) is 9.00. The zero-order valence-electron chi connectivity index (χ0n) is 24.0. The summed E-state index contributed by atoms with van der Waals surface area (Å²) in [5, 5.41) is 3.18. The van der Waals surface area contributed by atoms with E-state index in [9.17, 15) is 14.4 Å². The molecule has 0 unspecified atom stereocenters. The molecule has 0 aromatic heterocycles. The number of hydrogen-bond acceptors (Lipinski definition) is 5. The normalized spacial score (nSPS) is 22.3. The van der Waals surface area contributed by atoms with E-state index in [0.717, 1.165) is 35.1 Å². The number of para-hydroxylation sites is 1. The van der Waals surface area contributed by atoms with E-state index in [1.165, 1.54) is 16.7 Å².